The number of nitrogens with one attached hydrogen (secondary N) is 1. The lowest BCUT2D eigenvalue weighted by Crippen LogP contribution is -2.02. The summed E-state index contributed by atoms with van der Waals surface area (Å²) in [5.41, 5.74) is 8.06. The van der Waals surface area contributed by atoms with Crippen molar-refractivity contribution in [2.75, 3.05) is 18.1 Å². The Bertz CT molecular complexity index is 689. The standard InChI is InChI=1S/C15H14N4O/c1-3-12(20)8-10-5-4-6-11(7-10)13-9-14(17-2)19-15(16)18-13/h1,4-7,9H,8H2,2H3,(H3,16,17,18,19). The monoisotopic (exact) mass is 266 g/mol. The Morgan fingerprint density at radius 3 is 2.90 bits per heavy atom. The van der Waals surface area contributed by atoms with E-state index in [1.165, 1.54) is 0 Å². The highest BCUT2D eigenvalue weighted by molar-refractivity contribution is 5.96. The second kappa shape index (κ2) is 5.85. The first-order chi connectivity index (χ1) is 9.62. The van der Waals surface area contributed by atoms with Crippen molar-refractivity contribution in [1.29, 1.82) is 0 Å². The molecule has 0 atom stereocenters. The first-order valence-corrected chi connectivity index (χ1v) is 6.03. The number of terminal acetylenes is 1. The number of hydrogen-bond acceptors (Lipinski definition) is 5. The van der Waals surface area contributed by atoms with E-state index >= 15 is 0 Å². The van der Waals surface area contributed by atoms with Gasteiger partial charge < -0.3 is 11.1 Å². The van der Waals surface area contributed by atoms with Crippen LogP contribution in [0, 0.1) is 12.3 Å². The van der Waals surface area contributed by atoms with Crippen LogP contribution in [0.2, 0.25) is 0 Å². The van der Waals surface area contributed by atoms with Crippen LogP contribution in [0.3, 0.4) is 0 Å². The van der Waals surface area contributed by atoms with Gasteiger partial charge in [-0.2, -0.15) is 4.98 Å². The number of hydrogen-bond donors (Lipinski definition) is 2. The summed E-state index contributed by atoms with van der Waals surface area (Å²) in [5, 5.41) is 2.92. The molecule has 1 heterocycles. The number of nitrogen functional groups attached to an aromatic ring is 1. The number of benzene rings is 1. The van der Waals surface area contributed by atoms with Crippen molar-refractivity contribution in [3.05, 3.63) is 35.9 Å². The Kier molecular flexibility index (Phi) is 3.96. The summed E-state index contributed by atoms with van der Waals surface area (Å²) in [6.45, 7) is 0. The Morgan fingerprint density at radius 1 is 1.40 bits per heavy atom. The summed E-state index contributed by atoms with van der Waals surface area (Å²) < 4.78 is 0. The maximum Gasteiger partial charge on any atom is 0.222 e. The fraction of sp³-hybridized carbons (Fsp3) is 0.133. The summed E-state index contributed by atoms with van der Waals surface area (Å²) in [6, 6.07) is 9.26. The molecule has 0 spiro atoms. The lowest BCUT2D eigenvalue weighted by atomic mass is 10.0. The SMILES string of the molecule is C#CC(=O)Cc1cccc(-c2cc(NC)nc(N)n2)c1. The minimum Gasteiger partial charge on any atom is -0.373 e. The van der Waals surface area contributed by atoms with Gasteiger partial charge in [-0.25, -0.2) is 4.98 Å². The Morgan fingerprint density at radius 2 is 2.20 bits per heavy atom. The van der Waals surface area contributed by atoms with Gasteiger partial charge in [-0.15, -0.1) is 6.42 Å². The fourth-order valence-electron chi connectivity index (χ4n) is 1.82. The fourth-order valence-corrected chi connectivity index (χ4v) is 1.82. The minimum absolute atomic E-state index is 0.192. The summed E-state index contributed by atoms with van der Waals surface area (Å²) >= 11 is 0. The zero-order valence-corrected chi connectivity index (χ0v) is 11.1. The van der Waals surface area contributed by atoms with Crippen LogP contribution in [-0.2, 0) is 11.2 Å². The maximum absolute atomic E-state index is 11.3. The molecule has 0 fully saturated rings. The number of carbonyl (C=O) groups excluding carboxylic acids is 1. The molecule has 0 aliphatic heterocycles. The second-order valence-corrected chi connectivity index (χ2v) is 4.19. The van der Waals surface area contributed by atoms with Crippen molar-refractivity contribution < 1.29 is 4.79 Å². The lowest BCUT2D eigenvalue weighted by Gasteiger charge is -2.07. The molecule has 0 saturated heterocycles. The molecule has 100 valence electrons. The van der Waals surface area contributed by atoms with E-state index in [0.29, 0.717) is 11.5 Å². The van der Waals surface area contributed by atoms with Crippen LogP contribution >= 0.6 is 0 Å². The molecule has 1 aromatic heterocycles. The van der Waals surface area contributed by atoms with Gasteiger partial charge in [0.2, 0.25) is 11.7 Å². The highest BCUT2D eigenvalue weighted by Crippen LogP contribution is 2.21. The van der Waals surface area contributed by atoms with Gasteiger partial charge in [0.1, 0.15) is 5.82 Å². The average Bonchev–Trinajstić information content (AvgIpc) is 2.46. The van der Waals surface area contributed by atoms with E-state index in [1.54, 1.807) is 13.1 Å². The topological polar surface area (TPSA) is 80.9 Å². The molecule has 0 radical (unpaired) electrons. The summed E-state index contributed by atoms with van der Waals surface area (Å²) in [6.07, 6.45) is 5.29. The lowest BCUT2D eigenvalue weighted by molar-refractivity contribution is -0.113. The predicted molar refractivity (Wildman–Crippen MR) is 79.0 cm³/mol. The van der Waals surface area contributed by atoms with Crippen molar-refractivity contribution >= 4 is 17.5 Å². The molecular weight excluding hydrogens is 252 g/mol. The van der Waals surface area contributed by atoms with Crippen LogP contribution in [0.5, 0.6) is 0 Å². The van der Waals surface area contributed by atoms with Gasteiger partial charge in [0, 0.05) is 25.1 Å². The van der Waals surface area contributed by atoms with E-state index in [1.807, 2.05) is 24.3 Å². The van der Waals surface area contributed by atoms with E-state index in [0.717, 1.165) is 11.1 Å². The molecule has 3 N–H and O–H groups in total. The van der Waals surface area contributed by atoms with E-state index in [9.17, 15) is 4.79 Å². The van der Waals surface area contributed by atoms with Crippen molar-refractivity contribution in [1.82, 2.24) is 9.97 Å². The van der Waals surface area contributed by atoms with Crippen molar-refractivity contribution in [3.63, 3.8) is 0 Å². The van der Waals surface area contributed by atoms with Gasteiger partial charge >= 0.3 is 0 Å². The smallest absolute Gasteiger partial charge is 0.222 e. The van der Waals surface area contributed by atoms with Crippen LogP contribution in [0.1, 0.15) is 5.56 Å². The molecule has 0 aliphatic carbocycles. The van der Waals surface area contributed by atoms with E-state index in [-0.39, 0.29) is 18.2 Å². The molecule has 0 bridgehead atoms. The summed E-state index contributed by atoms with van der Waals surface area (Å²) in [4.78, 5) is 19.5. The molecule has 2 aromatic rings. The number of rotatable bonds is 4. The molecule has 1 aromatic carbocycles. The molecule has 20 heavy (non-hydrogen) atoms. The third-order valence-corrected chi connectivity index (χ3v) is 2.75. The number of nitrogens with two attached hydrogens (primary N) is 1. The molecular formula is C15H14N4O. The third-order valence-electron chi connectivity index (χ3n) is 2.75. The van der Waals surface area contributed by atoms with Crippen LogP contribution < -0.4 is 11.1 Å². The number of nitrogens with zero attached hydrogens (tertiary/aromatic N) is 2. The zero-order chi connectivity index (χ0) is 14.5. The average molecular weight is 266 g/mol. The predicted octanol–water partition coefficient (Wildman–Crippen LogP) is 1.51. The molecule has 2 rings (SSSR count). The van der Waals surface area contributed by atoms with Gasteiger partial charge in [-0.3, -0.25) is 4.79 Å². The number of ketones is 1. The van der Waals surface area contributed by atoms with Crippen LogP contribution in [-0.4, -0.2) is 22.8 Å². The Balaban J connectivity index is 2.38. The number of carbonyl (C=O) groups is 1. The molecule has 0 aliphatic rings. The van der Waals surface area contributed by atoms with Crippen LogP contribution in [0.4, 0.5) is 11.8 Å². The number of Topliss-reactive ketones (excluding diaryl/α,β-unsaturated/α-hetero) is 1. The number of aromatic nitrogens is 2. The normalized spacial score (nSPS) is 9.80. The molecule has 5 heteroatoms. The van der Waals surface area contributed by atoms with E-state index in [2.05, 4.69) is 21.2 Å². The number of anilines is 2. The minimum atomic E-state index is -0.250. The summed E-state index contributed by atoms with van der Waals surface area (Å²) in [5.74, 6) is 2.68. The highest BCUT2D eigenvalue weighted by atomic mass is 16.1. The first-order valence-electron chi connectivity index (χ1n) is 6.03. The van der Waals surface area contributed by atoms with Crippen molar-refractivity contribution in [2.45, 2.75) is 6.42 Å². The van der Waals surface area contributed by atoms with Crippen LogP contribution in [0.15, 0.2) is 30.3 Å². The second-order valence-electron chi connectivity index (χ2n) is 4.19. The van der Waals surface area contributed by atoms with Crippen molar-refractivity contribution in [2.24, 2.45) is 0 Å². The molecule has 0 unspecified atom stereocenters. The van der Waals surface area contributed by atoms with Gasteiger partial charge in [0.05, 0.1) is 5.69 Å². The van der Waals surface area contributed by atoms with Gasteiger partial charge in [0.15, 0.2) is 0 Å². The first kappa shape index (κ1) is 13.6. The molecule has 0 amide bonds. The van der Waals surface area contributed by atoms with E-state index in [4.69, 9.17) is 12.2 Å². The van der Waals surface area contributed by atoms with Gasteiger partial charge in [-0.1, -0.05) is 18.2 Å². The van der Waals surface area contributed by atoms with E-state index < -0.39 is 0 Å². The third kappa shape index (κ3) is 3.12. The van der Waals surface area contributed by atoms with Crippen molar-refractivity contribution in [3.8, 4) is 23.6 Å². The molecule has 0 saturated carbocycles. The zero-order valence-electron chi connectivity index (χ0n) is 11.1. The Labute approximate surface area is 117 Å². The van der Waals surface area contributed by atoms with Gasteiger partial charge in [-0.05, 0) is 17.6 Å². The van der Waals surface area contributed by atoms with Gasteiger partial charge in [0.25, 0.3) is 0 Å². The molecule has 5 nitrogen and oxygen atoms in total. The summed E-state index contributed by atoms with van der Waals surface area (Å²) in [7, 11) is 1.76. The Hall–Kier alpha value is -2.87. The quantitative estimate of drug-likeness (QED) is 0.647. The highest BCUT2D eigenvalue weighted by Gasteiger charge is 2.06. The maximum atomic E-state index is 11.3. The van der Waals surface area contributed by atoms with Crippen LogP contribution in [0.25, 0.3) is 11.3 Å². The largest absolute Gasteiger partial charge is 0.373 e.